The molecule has 0 spiro atoms. The van der Waals surface area contributed by atoms with Crippen molar-refractivity contribution in [3.05, 3.63) is 52.9 Å². The summed E-state index contributed by atoms with van der Waals surface area (Å²) in [6, 6.07) is 10.4. The van der Waals surface area contributed by atoms with Crippen molar-refractivity contribution in [1.82, 2.24) is 15.4 Å². The number of benzene rings is 1. The third-order valence-corrected chi connectivity index (χ3v) is 4.75. The van der Waals surface area contributed by atoms with Crippen molar-refractivity contribution in [2.24, 2.45) is 5.92 Å². The van der Waals surface area contributed by atoms with Crippen LogP contribution in [0.3, 0.4) is 0 Å². The summed E-state index contributed by atoms with van der Waals surface area (Å²) >= 11 is 0. The summed E-state index contributed by atoms with van der Waals surface area (Å²) in [5.41, 5.74) is 3.14. The minimum atomic E-state index is 0.0583. The Bertz CT molecular complexity index is 662. The summed E-state index contributed by atoms with van der Waals surface area (Å²) in [6.07, 6.45) is 2.02. The third-order valence-electron chi connectivity index (χ3n) is 4.75. The highest BCUT2D eigenvalue weighted by Crippen LogP contribution is 2.19. The van der Waals surface area contributed by atoms with E-state index in [9.17, 15) is 4.79 Å². The standard InChI is InChI=1S/C19H25N3O2/c1-14-18(15(2)24-21-14)11-20-19(23)17-9-6-10-22(13-17)12-16-7-4-3-5-8-16/h3-5,7-8,17H,6,9-13H2,1-2H3,(H,20,23)/t17-/m0/s1. The molecular formula is C19H25N3O2. The molecule has 1 N–H and O–H groups in total. The second-order valence-electron chi connectivity index (χ2n) is 6.58. The van der Waals surface area contributed by atoms with Crippen molar-refractivity contribution < 1.29 is 9.32 Å². The van der Waals surface area contributed by atoms with E-state index in [1.54, 1.807) is 0 Å². The van der Waals surface area contributed by atoms with Gasteiger partial charge in [-0.3, -0.25) is 9.69 Å². The molecule has 1 atom stereocenters. The van der Waals surface area contributed by atoms with Gasteiger partial charge in [0.25, 0.3) is 0 Å². The summed E-state index contributed by atoms with van der Waals surface area (Å²) < 4.78 is 5.15. The van der Waals surface area contributed by atoms with Crippen LogP contribution in [0.15, 0.2) is 34.9 Å². The molecule has 1 aromatic heterocycles. The number of carbonyl (C=O) groups is 1. The molecule has 3 rings (SSSR count). The summed E-state index contributed by atoms with van der Waals surface area (Å²) in [7, 11) is 0. The highest BCUT2D eigenvalue weighted by atomic mass is 16.5. The molecule has 5 heteroatoms. The first-order valence-corrected chi connectivity index (χ1v) is 8.59. The monoisotopic (exact) mass is 327 g/mol. The fourth-order valence-electron chi connectivity index (χ4n) is 3.33. The molecule has 0 unspecified atom stereocenters. The van der Waals surface area contributed by atoms with Crippen molar-refractivity contribution in [3.8, 4) is 0 Å². The molecule has 0 radical (unpaired) electrons. The van der Waals surface area contributed by atoms with Gasteiger partial charge in [0.1, 0.15) is 5.76 Å². The van der Waals surface area contributed by atoms with Crippen LogP contribution in [0.1, 0.15) is 35.4 Å². The Balaban J connectivity index is 1.53. The number of piperidine rings is 1. The maximum absolute atomic E-state index is 12.5. The molecule has 1 fully saturated rings. The molecule has 1 aliphatic heterocycles. The first-order chi connectivity index (χ1) is 11.6. The van der Waals surface area contributed by atoms with Crippen LogP contribution in [0.25, 0.3) is 0 Å². The molecule has 2 aromatic rings. The molecule has 24 heavy (non-hydrogen) atoms. The minimum Gasteiger partial charge on any atom is -0.361 e. The highest BCUT2D eigenvalue weighted by Gasteiger charge is 2.26. The van der Waals surface area contributed by atoms with Gasteiger partial charge in [-0.25, -0.2) is 0 Å². The molecule has 1 aliphatic rings. The van der Waals surface area contributed by atoms with E-state index in [0.717, 1.165) is 49.5 Å². The summed E-state index contributed by atoms with van der Waals surface area (Å²) in [4.78, 5) is 14.9. The fourth-order valence-corrected chi connectivity index (χ4v) is 3.33. The van der Waals surface area contributed by atoms with Crippen LogP contribution in [-0.4, -0.2) is 29.1 Å². The van der Waals surface area contributed by atoms with Crippen molar-refractivity contribution in [1.29, 1.82) is 0 Å². The molecule has 2 heterocycles. The zero-order chi connectivity index (χ0) is 16.9. The average molecular weight is 327 g/mol. The number of nitrogens with zero attached hydrogens (tertiary/aromatic N) is 2. The third kappa shape index (κ3) is 4.03. The van der Waals surface area contributed by atoms with Crippen molar-refractivity contribution in [3.63, 3.8) is 0 Å². The number of amides is 1. The van der Waals surface area contributed by atoms with Gasteiger partial charge in [-0.2, -0.15) is 0 Å². The van der Waals surface area contributed by atoms with Gasteiger partial charge in [0, 0.05) is 25.2 Å². The molecule has 1 aromatic carbocycles. The van der Waals surface area contributed by atoms with Gasteiger partial charge in [-0.1, -0.05) is 35.5 Å². The van der Waals surface area contributed by atoms with E-state index in [4.69, 9.17) is 4.52 Å². The lowest BCUT2D eigenvalue weighted by molar-refractivity contribution is -0.126. The van der Waals surface area contributed by atoms with Crippen LogP contribution >= 0.6 is 0 Å². The first-order valence-electron chi connectivity index (χ1n) is 8.59. The molecule has 5 nitrogen and oxygen atoms in total. The van der Waals surface area contributed by atoms with Crippen LogP contribution in [0.2, 0.25) is 0 Å². The summed E-state index contributed by atoms with van der Waals surface area (Å²) in [5, 5.41) is 6.99. The Labute approximate surface area is 143 Å². The number of aromatic nitrogens is 1. The van der Waals surface area contributed by atoms with Gasteiger partial charge in [-0.05, 0) is 38.8 Å². The van der Waals surface area contributed by atoms with Gasteiger partial charge in [0.05, 0.1) is 11.6 Å². The number of hydrogen-bond donors (Lipinski definition) is 1. The Morgan fingerprint density at radius 3 is 2.83 bits per heavy atom. The quantitative estimate of drug-likeness (QED) is 0.917. The second kappa shape index (κ2) is 7.62. The number of carbonyl (C=O) groups excluding carboxylic acids is 1. The van der Waals surface area contributed by atoms with Crippen molar-refractivity contribution in [2.45, 2.75) is 39.8 Å². The van der Waals surface area contributed by atoms with E-state index in [0.29, 0.717) is 6.54 Å². The molecule has 0 bridgehead atoms. The van der Waals surface area contributed by atoms with Crippen LogP contribution in [0, 0.1) is 19.8 Å². The van der Waals surface area contributed by atoms with E-state index < -0.39 is 0 Å². The second-order valence-corrected chi connectivity index (χ2v) is 6.58. The molecule has 128 valence electrons. The predicted molar refractivity (Wildman–Crippen MR) is 92.3 cm³/mol. The molecule has 0 saturated carbocycles. The SMILES string of the molecule is Cc1noc(C)c1CNC(=O)[C@H]1CCCN(Cc2ccccc2)C1. The normalized spacial score (nSPS) is 18.5. The lowest BCUT2D eigenvalue weighted by Gasteiger charge is -2.32. The summed E-state index contributed by atoms with van der Waals surface area (Å²) in [6.45, 7) is 7.07. The van der Waals surface area contributed by atoms with Gasteiger partial charge in [-0.15, -0.1) is 0 Å². The average Bonchev–Trinajstić information content (AvgIpc) is 2.92. The van der Waals surface area contributed by atoms with Gasteiger partial charge >= 0.3 is 0 Å². The molecule has 1 amide bonds. The Hall–Kier alpha value is -2.14. The summed E-state index contributed by atoms with van der Waals surface area (Å²) in [5.74, 6) is 0.970. The van der Waals surface area contributed by atoms with Crippen molar-refractivity contribution >= 4 is 5.91 Å². The van der Waals surface area contributed by atoms with E-state index in [1.807, 2.05) is 19.9 Å². The Morgan fingerprint density at radius 1 is 1.33 bits per heavy atom. The fraction of sp³-hybridized carbons (Fsp3) is 0.474. The van der Waals surface area contributed by atoms with Gasteiger partial charge in [0.2, 0.25) is 5.91 Å². The zero-order valence-electron chi connectivity index (χ0n) is 14.4. The number of hydrogen-bond acceptors (Lipinski definition) is 4. The predicted octanol–water partition coefficient (Wildman–Crippen LogP) is 2.82. The lowest BCUT2D eigenvalue weighted by Crippen LogP contribution is -2.42. The van der Waals surface area contributed by atoms with Crippen LogP contribution in [0.5, 0.6) is 0 Å². The van der Waals surface area contributed by atoms with Crippen molar-refractivity contribution in [2.75, 3.05) is 13.1 Å². The number of aryl methyl sites for hydroxylation is 2. The zero-order valence-corrected chi connectivity index (χ0v) is 14.4. The van der Waals surface area contributed by atoms with Crippen LogP contribution < -0.4 is 5.32 Å². The minimum absolute atomic E-state index is 0.0583. The molecule has 0 aliphatic carbocycles. The maximum Gasteiger partial charge on any atom is 0.224 e. The Morgan fingerprint density at radius 2 is 2.12 bits per heavy atom. The Kier molecular flexibility index (Phi) is 5.30. The largest absolute Gasteiger partial charge is 0.361 e. The van der Waals surface area contributed by atoms with E-state index in [-0.39, 0.29) is 11.8 Å². The smallest absolute Gasteiger partial charge is 0.224 e. The van der Waals surface area contributed by atoms with Crippen LogP contribution in [-0.2, 0) is 17.9 Å². The lowest BCUT2D eigenvalue weighted by atomic mass is 9.96. The van der Waals surface area contributed by atoms with Gasteiger partial charge < -0.3 is 9.84 Å². The number of likely N-dealkylation sites (tertiary alicyclic amines) is 1. The number of nitrogens with one attached hydrogen (secondary N) is 1. The number of rotatable bonds is 5. The molecular weight excluding hydrogens is 302 g/mol. The van der Waals surface area contributed by atoms with Crippen LogP contribution in [0.4, 0.5) is 0 Å². The van der Waals surface area contributed by atoms with Gasteiger partial charge in [0.15, 0.2) is 0 Å². The molecule has 1 saturated heterocycles. The topological polar surface area (TPSA) is 58.4 Å². The van der Waals surface area contributed by atoms with E-state index in [1.165, 1.54) is 5.56 Å². The maximum atomic E-state index is 12.5. The first kappa shape index (κ1) is 16.7. The van der Waals surface area contributed by atoms with E-state index in [2.05, 4.69) is 39.6 Å². The highest BCUT2D eigenvalue weighted by molar-refractivity contribution is 5.79. The van der Waals surface area contributed by atoms with E-state index >= 15 is 0 Å².